The fourth-order valence-corrected chi connectivity index (χ4v) is 2.71. The Hall–Kier alpha value is -1.39. The van der Waals surface area contributed by atoms with E-state index in [0.717, 1.165) is 31.8 Å². The van der Waals surface area contributed by atoms with Crippen LogP contribution in [0.3, 0.4) is 0 Å². The van der Waals surface area contributed by atoms with Crippen LogP contribution in [0.5, 0.6) is 0 Å². The van der Waals surface area contributed by atoms with Gasteiger partial charge < -0.3 is 4.98 Å². The Balaban J connectivity index is 2.21. The monoisotopic (exact) mass is 376 g/mol. The van der Waals surface area contributed by atoms with Crippen LogP contribution in [0.4, 0.5) is 0 Å². The van der Waals surface area contributed by atoms with Crippen molar-refractivity contribution in [3.63, 3.8) is 0 Å². The van der Waals surface area contributed by atoms with Gasteiger partial charge in [0, 0.05) is 11.3 Å². The van der Waals surface area contributed by atoms with E-state index >= 15 is 0 Å². The Morgan fingerprint density at radius 1 is 0.947 bits per heavy atom. The summed E-state index contributed by atoms with van der Waals surface area (Å²) in [6.45, 7) is 0. The van der Waals surface area contributed by atoms with Gasteiger partial charge in [-0.25, -0.2) is 4.99 Å². The van der Waals surface area contributed by atoms with E-state index in [-0.39, 0.29) is 0 Å². The van der Waals surface area contributed by atoms with Crippen molar-refractivity contribution in [2.75, 3.05) is 0 Å². The van der Waals surface area contributed by atoms with Crippen molar-refractivity contribution in [1.29, 1.82) is 0 Å². The molecule has 94 valence electrons. The second-order valence-electron chi connectivity index (χ2n) is 4.11. The van der Waals surface area contributed by atoms with Gasteiger partial charge in [-0.3, -0.25) is 0 Å². The first-order valence-corrected chi connectivity index (χ1v) is 7.39. The van der Waals surface area contributed by atoms with Crippen molar-refractivity contribution >= 4 is 42.1 Å². The van der Waals surface area contributed by atoms with Crippen molar-refractivity contribution < 1.29 is 0 Å². The van der Waals surface area contributed by atoms with Gasteiger partial charge in [-0.05, 0) is 61.7 Å². The van der Waals surface area contributed by atoms with Crippen LogP contribution in [-0.4, -0.2) is 9.60 Å². The molecule has 0 radical (unpaired) electrons. The molecule has 1 aliphatic heterocycles. The molecule has 4 heteroatoms. The number of aromatic amines is 1. The lowest BCUT2D eigenvalue weighted by molar-refractivity contribution is 1.29. The zero-order valence-electron chi connectivity index (χ0n) is 9.90. The Labute approximate surface area is 128 Å². The Morgan fingerprint density at radius 3 is 2.32 bits per heavy atom. The van der Waals surface area contributed by atoms with Crippen molar-refractivity contribution in [3.05, 3.63) is 76.2 Å². The number of hydrogen-bond acceptors (Lipinski definition) is 1. The van der Waals surface area contributed by atoms with Crippen LogP contribution < -0.4 is 0 Å². The predicted molar refractivity (Wildman–Crippen MR) is 86.5 cm³/mol. The average Bonchev–Trinajstić information content (AvgIpc) is 3.01. The molecule has 1 aliphatic rings. The zero-order valence-corrected chi connectivity index (χ0v) is 13.1. The third-order valence-corrected chi connectivity index (χ3v) is 3.75. The molecule has 0 saturated heterocycles. The number of nitrogens with zero attached hydrogens (tertiary/aromatic N) is 1. The highest BCUT2D eigenvalue weighted by molar-refractivity contribution is 9.18. The first kappa shape index (κ1) is 12.6. The van der Waals surface area contributed by atoms with Gasteiger partial charge in [0.05, 0.1) is 10.3 Å². The van der Waals surface area contributed by atoms with Crippen molar-refractivity contribution in [2.45, 2.75) is 0 Å². The molecule has 0 amide bonds. The lowest BCUT2D eigenvalue weighted by Crippen LogP contribution is -1.91. The van der Waals surface area contributed by atoms with E-state index in [1.807, 2.05) is 36.4 Å². The number of allylic oxidation sites excluding steroid dienone is 2. The smallest absolute Gasteiger partial charge is 0.106 e. The quantitative estimate of drug-likeness (QED) is 0.770. The third-order valence-electron chi connectivity index (χ3n) is 2.84. The third kappa shape index (κ3) is 2.65. The van der Waals surface area contributed by atoms with Crippen molar-refractivity contribution in [1.82, 2.24) is 4.98 Å². The lowest BCUT2D eigenvalue weighted by Gasteiger charge is -2.08. The van der Waals surface area contributed by atoms with E-state index in [4.69, 9.17) is 0 Å². The molecule has 0 saturated carbocycles. The van der Waals surface area contributed by atoms with Gasteiger partial charge >= 0.3 is 0 Å². The number of halogens is 2. The summed E-state index contributed by atoms with van der Waals surface area (Å²) in [6.07, 6.45) is 3.97. The summed E-state index contributed by atoms with van der Waals surface area (Å²) in [5, 5.41) is 0. The SMILES string of the molecule is BrC1=N/C(=C(/c2ccccc2)c2ccc(Br)[nH]2)C=C1. The molecular formula is C15H10Br2N2. The first-order chi connectivity index (χ1) is 9.24. The molecule has 0 fully saturated rings. The summed E-state index contributed by atoms with van der Waals surface area (Å²) in [5.41, 5.74) is 4.23. The average molecular weight is 378 g/mol. The molecule has 1 aromatic carbocycles. The summed E-state index contributed by atoms with van der Waals surface area (Å²) >= 11 is 6.86. The number of benzene rings is 1. The molecular weight excluding hydrogens is 368 g/mol. The fraction of sp³-hybridized carbons (Fsp3) is 0. The number of rotatable bonds is 2. The maximum atomic E-state index is 4.52. The van der Waals surface area contributed by atoms with Gasteiger partial charge in [-0.1, -0.05) is 30.3 Å². The van der Waals surface area contributed by atoms with Gasteiger partial charge in [0.2, 0.25) is 0 Å². The molecule has 0 aliphatic carbocycles. The Kier molecular flexibility index (Phi) is 3.53. The molecule has 0 atom stereocenters. The van der Waals surface area contributed by atoms with E-state index in [2.05, 4.69) is 60.0 Å². The largest absolute Gasteiger partial charge is 0.349 e. The Bertz CT molecular complexity index is 694. The molecule has 1 aromatic heterocycles. The van der Waals surface area contributed by atoms with Crippen LogP contribution in [0.2, 0.25) is 0 Å². The van der Waals surface area contributed by atoms with E-state index in [1.54, 1.807) is 0 Å². The van der Waals surface area contributed by atoms with E-state index in [9.17, 15) is 0 Å². The minimum Gasteiger partial charge on any atom is -0.349 e. The molecule has 0 spiro atoms. The Morgan fingerprint density at radius 2 is 1.74 bits per heavy atom. The van der Waals surface area contributed by atoms with Gasteiger partial charge in [0.25, 0.3) is 0 Å². The molecule has 3 rings (SSSR count). The van der Waals surface area contributed by atoms with Crippen LogP contribution in [0.15, 0.2) is 69.9 Å². The van der Waals surface area contributed by atoms with Crippen molar-refractivity contribution in [2.24, 2.45) is 4.99 Å². The molecule has 1 N–H and O–H groups in total. The number of aromatic nitrogens is 1. The minimum atomic E-state index is 0.849. The standard InChI is InChI=1S/C15H10Br2N2/c16-13-8-6-11(18-13)15(10-4-2-1-3-5-10)12-7-9-14(17)19-12/h1-9,18H/b15-12-. The second-order valence-corrected chi connectivity index (χ2v) is 5.78. The zero-order chi connectivity index (χ0) is 13.2. The number of hydrogen-bond donors (Lipinski definition) is 1. The maximum absolute atomic E-state index is 4.52. The minimum absolute atomic E-state index is 0.849. The topological polar surface area (TPSA) is 28.1 Å². The summed E-state index contributed by atoms with van der Waals surface area (Å²) < 4.78 is 1.81. The second kappa shape index (κ2) is 5.31. The van der Waals surface area contributed by atoms with Crippen LogP contribution in [-0.2, 0) is 0 Å². The molecule has 19 heavy (non-hydrogen) atoms. The lowest BCUT2D eigenvalue weighted by atomic mass is 10.0. The van der Waals surface area contributed by atoms with Gasteiger partial charge in [-0.15, -0.1) is 0 Å². The highest BCUT2D eigenvalue weighted by Gasteiger charge is 2.14. The number of H-pyrrole nitrogens is 1. The van der Waals surface area contributed by atoms with Crippen LogP contribution in [0, 0.1) is 0 Å². The molecule has 2 aromatic rings. The molecule has 2 heterocycles. The highest BCUT2D eigenvalue weighted by Crippen LogP contribution is 2.30. The first-order valence-electron chi connectivity index (χ1n) is 5.81. The van der Waals surface area contributed by atoms with Gasteiger partial charge in [0.15, 0.2) is 0 Å². The van der Waals surface area contributed by atoms with Gasteiger partial charge in [-0.2, -0.15) is 0 Å². The number of nitrogens with one attached hydrogen (secondary N) is 1. The predicted octanol–water partition coefficient (Wildman–Crippen LogP) is 4.90. The van der Waals surface area contributed by atoms with Crippen molar-refractivity contribution in [3.8, 4) is 0 Å². The normalized spacial score (nSPS) is 16.6. The number of aliphatic imine (C=N–C) groups is 1. The summed E-state index contributed by atoms with van der Waals surface area (Å²) in [5.74, 6) is 0. The van der Waals surface area contributed by atoms with E-state index in [1.165, 1.54) is 0 Å². The summed E-state index contributed by atoms with van der Waals surface area (Å²) in [4.78, 5) is 7.82. The fourth-order valence-electron chi connectivity index (χ4n) is 2.04. The molecule has 0 unspecified atom stereocenters. The molecule has 0 bridgehead atoms. The highest BCUT2D eigenvalue weighted by atomic mass is 79.9. The van der Waals surface area contributed by atoms with Crippen LogP contribution in [0.25, 0.3) is 5.57 Å². The summed E-state index contributed by atoms with van der Waals surface area (Å²) in [7, 11) is 0. The van der Waals surface area contributed by atoms with Gasteiger partial charge in [0.1, 0.15) is 4.62 Å². The van der Waals surface area contributed by atoms with E-state index in [0.29, 0.717) is 0 Å². The summed E-state index contributed by atoms with van der Waals surface area (Å²) in [6, 6.07) is 14.3. The maximum Gasteiger partial charge on any atom is 0.106 e. The van der Waals surface area contributed by atoms with Crippen LogP contribution >= 0.6 is 31.9 Å². The van der Waals surface area contributed by atoms with Crippen LogP contribution in [0.1, 0.15) is 11.3 Å². The molecule has 2 nitrogen and oxygen atoms in total. The van der Waals surface area contributed by atoms with E-state index < -0.39 is 0 Å².